The number of rotatable bonds is 6. The number of hydrogen-bond acceptors (Lipinski definition) is 4. The van der Waals surface area contributed by atoms with Crippen molar-refractivity contribution in [3.8, 4) is 0 Å². The first-order valence-corrected chi connectivity index (χ1v) is 7.95. The van der Waals surface area contributed by atoms with Crippen LogP contribution >= 0.6 is 0 Å². The Labute approximate surface area is 108 Å². The highest BCUT2D eigenvalue weighted by atomic mass is 32.2. The van der Waals surface area contributed by atoms with E-state index in [0.717, 1.165) is 17.0 Å². The van der Waals surface area contributed by atoms with Crippen LogP contribution in [0.1, 0.15) is 29.8 Å². The molecule has 0 fully saturated rings. The molecule has 0 aromatic carbocycles. The first-order valence-electron chi connectivity index (χ1n) is 5.89. The molecule has 0 saturated heterocycles. The van der Waals surface area contributed by atoms with E-state index in [0.29, 0.717) is 19.3 Å². The Balaban J connectivity index is 2.55. The SMILES string of the molecule is Cc1nn(C)c(C)c1CC(=O)CCCS(C)(=O)=O. The average Bonchev–Trinajstić information content (AvgIpc) is 2.43. The van der Waals surface area contributed by atoms with Gasteiger partial charge in [-0.2, -0.15) is 5.10 Å². The maximum absolute atomic E-state index is 11.8. The van der Waals surface area contributed by atoms with E-state index in [9.17, 15) is 13.2 Å². The van der Waals surface area contributed by atoms with E-state index in [1.807, 2.05) is 20.9 Å². The van der Waals surface area contributed by atoms with Gasteiger partial charge >= 0.3 is 0 Å². The standard InChI is InChI=1S/C12H20N2O3S/c1-9-12(10(2)14(3)13-9)8-11(15)6-5-7-18(4,16)17/h5-8H2,1-4H3. The van der Waals surface area contributed by atoms with Crippen molar-refractivity contribution in [1.29, 1.82) is 0 Å². The summed E-state index contributed by atoms with van der Waals surface area (Å²) in [7, 11) is -1.13. The zero-order valence-electron chi connectivity index (χ0n) is 11.4. The van der Waals surface area contributed by atoms with Gasteiger partial charge in [-0.25, -0.2) is 8.42 Å². The molecular weight excluding hydrogens is 252 g/mol. The number of carbonyl (C=O) groups is 1. The Hall–Kier alpha value is -1.17. The molecule has 1 heterocycles. The summed E-state index contributed by atoms with van der Waals surface area (Å²) in [5.41, 5.74) is 2.82. The van der Waals surface area contributed by atoms with Crippen LogP contribution in [-0.2, 0) is 28.1 Å². The van der Waals surface area contributed by atoms with Gasteiger partial charge in [0.25, 0.3) is 0 Å². The van der Waals surface area contributed by atoms with E-state index in [1.54, 1.807) is 4.68 Å². The number of carbonyl (C=O) groups excluding carboxylic acids is 1. The first kappa shape index (κ1) is 14.9. The van der Waals surface area contributed by atoms with Gasteiger partial charge in [0.1, 0.15) is 15.6 Å². The van der Waals surface area contributed by atoms with Crippen LogP contribution in [0.3, 0.4) is 0 Å². The summed E-state index contributed by atoms with van der Waals surface area (Å²) in [4.78, 5) is 11.8. The van der Waals surface area contributed by atoms with Crippen LogP contribution in [0.2, 0.25) is 0 Å². The Morgan fingerprint density at radius 1 is 1.33 bits per heavy atom. The van der Waals surface area contributed by atoms with Crippen LogP contribution in [0, 0.1) is 13.8 Å². The Morgan fingerprint density at radius 3 is 2.39 bits per heavy atom. The van der Waals surface area contributed by atoms with Gasteiger partial charge < -0.3 is 0 Å². The minimum absolute atomic E-state index is 0.0675. The van der Waals surface area contributed by atoms with Crippen LogP contribution < -0.4 is 0 Å². The maximum atomic E-state index is 11.8. The molecule has 1 aromatic heterocycles. The number of sulfone groups is 1. The zero-order valence-corrected chi connectivity index (χ0v) is 12.2. The summed E-state index contributed by atoms with van der Waals surface area (Å²) < 4.78 is 23.7. The predicted octanol–water partition coefficient (Wildman–Crippen LogP) is 0.973. The van der Waals surface area contributed by atoms with Gasteiger partial charge in [-0.1, -0.05) is 0 Å². The molecule has 0 aliphatic heterocycles. The van der Waals surface area contributed by atoms with E-state index in [1.165, 1.54) is 6.26 Å². The fourth-order valence-electron chi connectivity index (χ4n) is 1.89. The lowest BCUT2D eigenvalue weighted by Crippen LogP contribution is -2.09. The van der Waals surface area contributed by atoms with E-state index < -0.39 is 9.84 Å². The molecule has 0 radical (unpaired) electrons. The summed E-state index contributed by atoms with van der Waals surface area (Å²) in [6, 6.07) is 0. The lowest BCUT2D eigenvalue weighted by atomic mass is 10.0. The van der Waals surface area contributed by atoms with Crippen LogP contribution in [-0.4, -0.2) is 36.0 Å². The largest absolute Gasteiger partial charge is 0.299 e. The van der Waals surface area contributed by atoms with Crippen molar-refractivity contribution < 1.29 is 13.2 Å². The highest BCUT2D eigenvalue weighted by molar-refractivity contribution is 7.90. The van der Waals surface area contributed by atoms with Crippen molar-refractivity contribution in [3.63, 3.8) is 0 Å². The van der Waals surface area contributed by atoms with Gasteiger partial charge in [-0.05, 0) is 20.3 Å². The van der Waals surface area contributed by atoms with Crippen molar-refractivity contribution in [2.24, 2.45) is 7.05 Å². The van der Waals surface area contributed by atoms with Crippen molar-refractivity contribution in [2.45, 2.75) is 33.1 Å². The minimum Gasteiger partial charge on any atom is -0.299 e. The predicted molar refractivity (Wildman–Crippen MR) is 70.3 cm³/mol. The van der Waals surface area contributed by atoms with Crippen LogP contribution in [0.4, 0.5) is 0 Å². The van der Waals surface area contributed by atoms with E-state index in [4.69, 9.17) is 0 Å². The molecule has 1 aromatic rings. The normalized spacial score (nSPS) is 11.8. The molecule has 0 aliphatic carbocycles. The topological polar surface area (TPSA) is 69.0 Å². The van der Waals surface area contributed by atoms with Gasteiger partial charge in [0.15, 0.2) is 0 Å². The lowest BCUT2D eigenvalue weighted by Gasteiger charge is -2.02. The third-order valence-corrected chi connectivity index (χ3v) is 4.03. The van der Waals surface area contributed by atoms with Gasteiger partial charge in [-0.3, -0.25) is 9.48 Å². The monoisotopic (exact) mass is 272 g/mol. The smallest absolute Gasteiger partial charge is 0.147 e. The van der Waals surface area contributed by atoms with E-state index in [-0.39, 0.29) is 11.5 Å². The van der Waals surface area contributed by atoms with Crippen molar-refractivity contribution in [2.75, 3.05) is 12.0 Å². The molecule has 0 saturated carbocycles. The van der Waals surface area contributed by atoms with Gasteiger partial charge in [0.2, 0.25) is 0 Å². The summed E-state index contributed by atoms with van der Waals surface area (Å²) in [5, 5.41) is 4.25. The zero-order chi connectivity index (χ0) is 13.9. The first-order chi connectivity index (χ1) is 8.20. The molecule has 102 valence electrons. The number of aryl methyl sites for hydroxylation is 2. The minimum atomic E-state index is -2.97. The fraction of sp³-hybridized carbons (Fsp3) is 0.667. The quantitative estimate of drug-likeness (QED) is 0.774. The summed E-state index contributed by atoms with van der Waals surface area (Å²) in [6.45, 7) is 3.81. The molecular formula is C12H20N2O3S. The summed E-state index contributed by atoms with van der Waals surface area (Å²) in [5.74, 6) is 0.141. The molecule has 0 spiro atoms. The lowest BCUT2D eigenvalue weighted by molar-refractivity contribution is -0.118. The van der Waals surface area contributed by atoms with Crippen molar-refractivity contribution in [1.82, 2.24) is 9.78 Å². The van der Waals surface area contributed by atoms with Crippen LogP contribution in [0.25, 0.3) is 0 Å². The third kappa shape index (κ3) is 4.25. The van der Waals surface area contributed by atoms with Crippen LogP contribution in [0.15, 0.2) is 0 Å². The van der Waals surface area contributed by atoms with Gasteiger partial charge in [0, 0.05) is 37.4 Å². The second kappa shape index (κ2) is 5.65. The fourth-order valence-corrected chi connectivity index (χ4v) is 2.56. The van der Waals surface area contributed by atoms with Crippen molar-refractivity contribution in [3.05, 3.63) is 17.0 Å². The highest BCUT2D eigenvalue weighted by Gasteiger charge is 2.13. The van der Waals surface area contributed by atoms with Crippen molar-refractivity contribution >= 4 is 15.6 Å². The summed E-state index contributed by atoms with van der Waals surface area (Å²) >= 11 is 0. The molecule has 6 heteroatoms. The molecule has 0 amide bonds. The third-order valence-electron chi connectivity index (χ3n) is 3.00. The number of hydrogen-bond donors (Lipinski definition) is 0. The molecule has 0 atom stereocenters. The van der Waals surface area contributed by atoms with Crippen LogP contribution in [0.5, 0.6) is 0 Å². The molecule has 18 heavy (non-hydrogen) atoms. The second-order valence-corrected chi connectivity index (χ2v) is 6.98. The maximum Gasteiger partial charge on any atom is 0.147 e. The van der Waals surface area contributed by atoms with Gasteiger partial charge in [0.05, 0.1) is 11.4 Å². The average molecular weight is 272 g/mol. The molecule has 0 aliphatic rings. The Morgan fingerprint density at radius 2 is 1.94 bits per heavy atom. The number of nitrogens with zero attached hydrogens (tertiary/aromatic N) is 2. The van der Waals surface area contributed by atoms with E-state index >= 15 is 0 Å². The number of ketones is 1. The molecule has 0 unspecified atom stereocenters. The molecule has 0 N–H and O–H groups in total. The second-order valence-electron chi connectivity index (χ2n) is 4.72. The number of aromatic nitrogens is 2. The molecule has 0 bridgehead atoms. The summed E-state index contributed by atoms with van der Waals surface area (Å²) in [6.07, 6.45) is 2.24. The van der Waals surface area contributed by atoms with Gasteiger partial charge in [-0.15, -0.1) is 0 Å². The van der Waals surface area contributed by atoms with E-state index in [2.05, 4.69) is 5.10 Å². The Bertz CT molecular complexity index is 544. The Kier molecular flexibility index (Phi) is 4.67. The number of Topliss-reactive ketones (excluding diaryl/α,β-unsaturated/α-hetero) is 1. The molecule has 5 nitrogen and oxygen atoms in total. The molecule has 1 rings (SSSR count). The highest BCUT2D eigenvalue weighted by Crippen LogP contribution is 2.14.